The Hall–Kier alpha value is -2.81. The maximum atomic E-state index is 12.3. The van der Waals surface area contributed by atoms with Crippen molar-refractivity contribution in [2.45, 2.75) is 19.6 Å². The van der Waals surface area contributed by atoms with Gasteiger partial charge < -0.3 is 9.64 Å². The number of hydrogen-bond acceptors (Lipinski definition) is 4. The molecular weight excluding hydrogens is 280 g/mol. The fourth-order valence-corrected chi connectivity index (χ4v) is 2.08. The molecule has 0 radical (unpaired) electrons. The molecule has 2 rings (SSSR count). The standard InChI is InChI=1S/C16H18N4O2/c1-12(22-15-6-4-13(8-17)5-7-15)16(21)19(2)10-14-9-18-20(3)11-14/h4-7,9,11-12H,10H2,1-3H3. The van der Waals surface area contributed by atoms with Crippen LogP contribution in [0.4, 0.5) is 0 Å². The monoisotopic (exact) mass is 298 g/mol. The number of carbonyl (C=O) groups is 1. The van der Waals surface area contributed by atoms with Crippen LogP contribution in [0.15, 0.2) is 36.7 Å². The minimum absolute atomic E-state index is 0.117. The molecule has 1 aromatic carbocycles. The Balaban J connectivity index is 1.94. The summed E-state index contributed by atoms with van der Waals surface area (Å²) in [7, 11) is 3.57. The molecule has 1 heterocycles. The highest BCUT2D eigenvalue weighted by molar-refractivity contribution is 5.80. The van der Waals surface area contributed by atoms with Crippen molar-refractivity contribution in [3.05, 3.63) is 47.8 Å². The maximum absolute atomic E-state index is 12.3. The first-order valence-electron chi connectivity index (χ1n) is 6.89. The molecule has 1 aromatic heterocycles. The van der Waals surface area contributed by atoms with Crippen LogP contribution in [0.25, 0.3) is 0 Å². The van der Waals surface area contributed by atoms with Crippen LogP contribution in [0.3, 0.4) is 0 Å². The van der Waals surface area contributed by atoms with Gasteiger partial charge in [0.2, 0.25) is 0 Å². The molecule has 0 N–H and O–H groups in total. The molecule has 0 aliphatic carbocycles. The number of nitriles is 1. The van der Waals surface area contributed by atoms with Gasteiger partial charge in [-0.05, 0) is 31.2 Å². The van der Waals surface area contributed by atoms with Gasteiger partial charge in [-0.1, -0.05) is 0 Å². The first kappa shape index (κ1) is 15.6. The Bertz CT molecular complexity index is 685. The average molecular weight is 298 g/mol. The second kappa shape index (κ2) is 6.76. The minimum Gasteiger partial charge on any atom is -0.481 e. The van der Waals surface area contributed by atoms with Gasteiger partial charge >= 0.3 is 0 Å². The van der Waals surface area contributed by atoms with E-state index >= 15 is 0 Å². The molecule has 0 aliphatic rings. The molecule has 1 unspecified atom stereocenters. The van der Waals surface area contributed by atoms with Crippen molar-refractivity contribution in [1.29, 1.82) is 5.26 Å². The summed E-state index contributed by atoms with van der Waals surface area (Å²) >= 11 is 0. The summed E-state index contributed by atoms with van der Waals surface area (Å²) in [6.07, 6.45) is 3.00. The van der Waals surface area contributed by atoms with Crippen molar-refractivity contribution in [2.75, 3.05) is 7.05 Å². The molecule has 0 spiro atoms. The predicted octanol–water partition coefficient (Wildman–Crippen LogP) is 1.72. The van der Waals surface area contributed by atoms with Crippen LogP contribution < -0.4 is 4.74 Å². The zero-order valence-electron chi connectivity index (χ0n) is 12.9. The quantitative estimate of drug-likeness (QED) is 0.842. The number of carbonyl (C=O) groups excluding carboxylic acids is 1. The van der Waals surface area contributed by atoms with E-state index in [4.69, 9.17) is 10.00 Å². The third-order valence-electron chi connectivity index (χ3n) is 3.20. The van der Waals surface area contributed by atoms with Crippen LogP contribution in [0.2, 0.25) is 0 Å². The average Bonchev–Trinajstić information content (AvgIpc) is 2.92. The number of rotatable bonds is 5. The van der Waals surface area contributed by atoms with E-state index in [1.54, 1.807) is 54.0 Å². The van der Waals surface area contributed by atoms with Gasteiger partial charge in [0.25, 0.3) is 5.91 Å². The van der Waals surface area contributed by atoms with Crippen LogP contribution in [-0.2, 0) is 18.4 Å². The molecule has 1 atom stereocenters. The lowest BCUT2D eigenvalue weighted by Crippen LogP contribution is -2.37. The normalized spacial score (nSPS) is 11.5. The summed E-state index contributed by atoms with van der Waals surface area (Å²) in [5.74, 6) is 0.447. The fourth-order valence-electron chi connectivity index (χ4n) is 2.08. The van der Waals surface area contributed by atoms with Crippen molar-refractivity contribution in [3.63, 3.8) is 0 Å². The summed E-state index contributed by atoms with van der Waals surface area (Å²) in [5.41, 5.74) is 1.52. The number of nitrogens with zero attached hydrogens (tertiary/aromatic N) is 4. The zero-order valence-corrected chi connectivity index (χ0v) is 12.9. The van der Waals surface area contributed by atoms with E-state index in [1.807, 2.05) is 19.3 Å². The summed E-state index contributed by atoms with van der Waals surface area (Å²) in [6, 6.07) is 8.72. The summed E-state index contributed by atoms with van der Waals surface area (Å²) < 4.78 is 7.32. The Kier molecular flexibility index (Phi) is 4.79. The highest BCUT2D eigenvalue weighted by Gasteiger charge is 2.19. The summed E-state index contributed by atoms with van der Waals surface area (Å²) in [4.78, 5) is 13.9. The van der Waals surface area contributed by atoms with Crippen molar-refractivity contribution in [3.8, 4) is 11.8 Å². The molecule has 0 saturated heterocycles. The van der Waals surface area contributed by atoms with Crippen LogP contribution in [-0.4, -0.2) is 33.7 Å². The second-order valence-electron chi connectivity index (χ2n) is 5.11. The Morgan fingerprint density at radius 3 is 2.68 bits per heavy atom. The molecule has 1 amide bonds. The number of benzene rings is 1. The smallest absolute Gasteiger partial charge is 0.263 e. The van der Waals surface area contributed by atoms with Crippen LogP contribution in [0, 0.1) is 11.3 Å². The first-order valence-corrected chi connectivity index (χ1v) is 6.89. The van der Waals surface area contributed by atoms with E-state index in [2.05, 4.69) is 5.10 Å². The molecule has 6 nitrogen and oxygen atoms in total. The lowest BCUT2D eigenvalue weighted by molar-refractivity contribution is -0.137. The van der Waals surface area contributed by atoms with E-state index in [0.29, 0.717) is 17.9 Å². The van der Waals surface area contributed by atoms with E-state index < -0.39 is 6.10 Å². The fraction of sp³-hybridized carbons (Fsp3) is 0.312. The van der Waals surface area contributed by atoms with Gasteiger partial charge in [0, 0.05) is 32.4 Å². The van der Waals surface area contributed by atoms with Gasteiger partial charge in [0.15, 0.2) is 6.10 Å². The molecule has 22 heavy (non-hydrogen) atoms. The number of ether oxygens (including phenoxy) is 1. The van der Waals surface area contributed by atoms with Gasteiger partial charge in [-0.25, -0.2) is 0 Å². The predicted molar refractivity (Wildman–Crippen MR) is 80.9 cm³/mol. The third-order valence-corrected chi connectivity index (χ3v) is 3.20. The molecule has 0 aliphatic heterocycles. The first-order chi connectivity index (χ1) is 10.5. The van der Waals surface area contributed by atoms with Crippen molar-refractivity contribution in [1.82, 2.24) is 14.7 Å². The largest absolute Gasteiger partial charge is 0.481 e. The molecule has 0 fully saturated rings. The highest BCUT2D eigenvalue weighted by atomic mass is 16.5. The Labute approximate surface area is 129 Å². The minimum atomic E-state index is -0.602. The Morgan fingerprint density at radius 1 is 1.45 bits per heavy atom. The SMILES string of the molecule is CC(Oc1ccc(C#N)cc1)C(=O)N(C)Cc1cnn(C)c1. The van der Waals surface area contributed by atoms with E-state index in [1.165, 1.54) is 0 Å². The van der Waals surface area contributed by atoms with Crippen LogP contribution in [0.1, 0.15) is 18.1 Å². The second-order valence-corrected chi connectivity index (χ2v) is 5.11. The topological polar surface area (TPSA) is 71.2 Å². The van der Waals surface area contributed by atoms with Crippen molar-refractivity contribution in [2.24, 2.45) is 7.05 Å². The van der Waals surface area contributed by atoms with Crippen LogP contribution >= 0.6 is 0 Å². The summed E-state index contributed by atoms with van der Waals surface area (Å²) in [5, 5.41) is 12.8. The zero-order chi connectivity index (χ0) is 16.1. The van der Waals surface area contributed by atoms with Gasteiger partial charge in [0.05, 0.1) is 17.8 Å². The number of aryl methyl sites for hydroxylation is 1. The molecule has 2 aromatic rings. The van der Waals surface area contributed by atoms with E-state index in [0.717, 1.165) is 5.56 Å². The van der Waals surface area contributed by atoms with Gasteiger partial charge in [-0.2, -0.15) is 10.4 Å². The van der Waals surface area contributed by atoms with Gasteiger partial charge in [-0.15, -0.1) is 0 Å². The molecule has 114 valence electrons. The lowest BCUT2D eigenvalue weighted by Gasteiger charge is -2.21. The van der Waals surface area contributed by atoms with Gasteiger partial charge in [-0.3, -0.25) is 9.48 Å². The molecule has 6 heteroatoms. The number of likely N-dealkylation sites (N-methyl/N-ethyl adjacent to an activating group) is 1. The maximum Gasteiger partial charge on any atom is 0.263 e. The lowest BCUT2D eigenvalue weighted by atomic mass is 10.2. The van der Waals surface area contributed by atoms with E-state index in [-0.39, 0.29) is 5.91 Å². The van der Waals surface area contributed by atoms with E-state index in [9.17, 15) is 4.79 Å². The van der Waals surface area contributed by atoms with Crippen molar-refractivity contribution < 1.29 is 9.53 Å². The highest BCUT2D eigenvalue weighted by Crippen LogP contribution is 2.14. The van der Waals surface area contributed by atoms with Crippen LogP contribution in [0.5, 0.6) is 5.75 Å². The number of aromatic nitrogens is 2. The molecule has 0 bridgehead atoms. The molecular formula is C16H18N4O2. The van der Waals surface area contributed by atoms with Gasteiger partial charge in [0.1, 0.15) is 5.75 Å². The summed E-state index contributed by atoms with van der Waals surface area (Å²) in [6.45, 7) is 2.19. The number of amides is 1. The number of hydrogen-bond donors (Lipinski definition) is 0. The third kappa shape index (κ3) is 3.85. The van der Waals surface area contributed by atoms with Crippen molar-refractivity contribution >= 4 is 5.91 Å². The Morgan fingerprint density at radius 2 is 2.14 bits per heavy atom. The molecule has 0 saturated carbocycles.